The predicted octanol–water partition coefficient (Wildman–Crippen LogP) is 4.81. The molecular formula is C17H33NO3. The van der Waals surface area contributed by atoms with Crippen LogP contribution in [0.1, 0.15) is 61.8 Å². The summed E-state index contributed by atoms with van der Waals surface area (Å²) in [5.41, 5.74) is 0.641. The third-order valence-electron chi connectivity index (χ3n) is 2.03. The van der Waals surface area contributed by atoms with Crippen molar-refractivity contribution in [1.29, 1.82) is 0 Å². The Morgan fingerprint density at radius 2 is 1.76 bits per heavy atom. The molecule has 4 nitrogen and oxygen atoms in total. The Morgan fingerprint density at radius 1 is 1.19 bits per heavy atom. The van der Waals surface area contributed by atoms with E-state index in [9.17, 15) is 4.79 Å². The number of allylic oxidation sites excluding steroid dienone is 3. The van der Waals surface area contributed by atoms with Crippen LogP contribution in [0.15, 0.2) is 23.5 Å². The lowest BCUT2D eigenvalue weighted by atomic mass is 10.2. The highest BCUT2D eigenvalue weighted by molar-refractivity contribution is 5.67. The minimum absolute atomic E-state index is 0.418. The van der Waals surface area contributed by atoms with E-state index < -0.39 is 11.7 Å². The lowest BCUT2D eigenvalue weighted by Crippen LogP contribution is -2.34. The topological polar surface area (TPSA) is 47.6 Å². The van der Waals surface area contributed by atoms with Crippen LogP contribution in [0.4, 0.5) is 4.79 Å². The van der Waals surface area contributed by atoms with Crippen molar-refractivity contribution >= 4 is 6.09 Å². The number of amides is 1. The van der Waals surface area contributed by atoms with Crippen LogP contribution in [0.5, 0.6) is 0 Å². The van der Waals surface area contributed by atoms with Crippen molar-refractivity contribution in [2.75, 3.05) is 13.2 Å². The standard InChI is InChI=1S/C15H27NO3.C2H6/c1-7-8-9-13(12(2)3)18-11-10-16-14(17)19-15(4,5)6;1-2/h8-9H,7,10-11H2,1-6H3,(H,16,17);1-2H3/b9-8-;. The lowest BCUT2D eigenvalue weighted by Gasteiger charge is -2.19. The van der Waals surface area contributed by atoms with Crippen LogP contribution in [0, 0.1) is 0 Å². The van der Waals surface area contributed by atoms with E-state index >= 15 is 0 Å². The number of hydrogen-bond acceptors (Lipinski definition) is 3. The zero-order chi connectivity index (χ0) is 16.9. The summed E-state index contributed by atoms with van der Waals surface area (Å²) >= 11 is 0. The van der Waals surface area contributed by atoms with E-state index in [-0.39, 0.29) is 0 Å². The number of alkyl carbamates (subject to hydrolysis) is 1. The van der Waals surface area contributed by atoms with E-state index in [1.807, 2.05) is 60.6 Å². The molecule has 0 aliphatic rings. The van der Waals surface area contributed by atoms with Gasteiger partial charge in [-0.2, -0.15) is 0 Å². The average molecular weight is 299 g/mol. The van der Waals surface area contributed by atoms with E-state index in [0.29, 0.717) is 13.2 Å². The Hall–Kier alpha value is -1.45. The van der Waals surface area contributed by atoms with Gasteiger partial charge in [-0.05, 0) is 52.7 Å². The molecule has 21 heavy (non-hydrogen) atoms. The third kappa shape index (κ3) is 14.8. The van der Waals surface area contributed by atoms with Gasteiger partial charge in [0.25, 0.3) is 0 Å². The first kappa shape index (κ1) is 21.8. The second-order valence-electron chi connectivity index (χ2n) is 5.45. The van der Waals surface area contributed by atoms with Gasteiger partial charge in [0.2, 0.25) is 0 Å². The minimum atomic E-state index is -0.472. The van der Waals surface area contributed by atoms with Crippen molar-refractivity contribution in [2.45, 2.75) is 67.4 Å². The molecule has 0 aromatic heterocycles. The molecule has 0 rings (SSSR count). The summed E-state index contributed by atoms with van der Waals surface area (Å²) in [6, 6.07) is 0. The molecule has 1 N–H and O–H groups in total. The van der Waals surface area contributed by atoms with Crippen molar-refractivity contribution in [2.24, 2.45) is 0 Å². The smallest absolute Gasteiger partial charge is 0.407 e. The largest absolute Gasteiger partial charge is 0.492 e. The number of ether oxygens (including phenoxy) is 2. The molecule has 0 heterocycles. The molecule has 0 unspecified atom stereocenters. The number of nitrogens with one attached hydrogen (secondary N) is 1. The summed E-state index contributed by atoms with van der Waals surface area (Å²) in [7, 11) is 0. The highest BCUT2D eigenvalue weighted by Gasteiger charge is 2.15. The van der Waals surface area contributed by atoms with Gasteiger partial charge in [-0.25, -0.2) is 4.79 Å². The molecule has 0 aromatic carbocycles. The molecule has 0 aromatic rings. The van der Waals surface area contributed by atoms with Gasteiger partial charge in [-0.15, -0.1) is 0 Å². The number of carbonyl (C=O) groups is 1. The highest BCUT2D eigenvalue weighted by Crippen LogP contribution is 2.08. The molecule has 0 aliphatic carbocycles. The van der Waals surface area contributed by atoms with Crippen molar-refractivity contribution in [3.05, 3.63) is 23.5 Å². The van der Waals surface area contributed by atoms with Crippen molar-refractivity contribution in [1.82, 2.24) is 5.32 Å². The second kappa shape index (κ2) is 12.3. The van der Waals surface area contributed by atoms with Crippen molar-refractivity contribution < 1.29 is 14.3 Å². The highest BCUT2D eigenvalue weighted by atomic mass is 16.6. The van der Waals surface area contributed by atoms with Crippen molar-refractivity contribution in [3.63, 3.8) is 0 Å². The Bertz CT molecular complexity index is 334. The first-order valence-corrected chi connectivity index (χ1v) is 7.70. The van der Waals surface area contributed by atoms with Gasteiger partial charge in [0.1, 0.15) is 18.0 Å². The molecule has 0 aliphatic heterocycles. The Morgan fingerprint density at radius 3 is 2.19 bits per heavy atom. The maximum Gasteiger partial charge on any atom is 0.407 e. The van der Waals surface area contributed by atoms with Crippen LogP contribution in [0.2, 0.25) is 0 Å². The molecule has 4 heteroatoms. The SMILES string of the molecule is CC.CC/C=C\C(OCCNC(=O)OC(C)(C)C)=C(C)C. The average Bonchev–Trinajstić information content (AvgIpc) is 2.37. The molecule has 0 fully saturated rings. The maximum atomic E-state index is 11.4. The predicted molar refractivity (Wildman–Crippen MR) is 89.3 cm³/mol. The van der Waals surface area contributed by atoms with Gasteiger partial charge >= 0.3 is 6.09 Å². The van der Waals surface area contributed by atoms with Crippen LogP contribution >= 0.6 is 0 Å². The number of rotatable bonds is 6. The molecule has 0 bridgehead atoms. The molecule has 1 amide bonds. The van der Waals surface area contributed by atoms with E-state index in [1.54, 1.807) is 0 Å². The van der Waals surface area contributed by atoms with Gasteiger partial charge in [0, 0.05) is 0 Å². The maximum absolute atomic E-state index is 11.4. The number of hydrogen-bond donors (Lipinski definition) is 1. The normalized spacial score (nSPS) is 10.5. The van der Waals surface area contributed by atoms with Crippen LogP contribution in [-0.2, 0) is 9.47 Å². The first-order chi connectivity index (χ1) is 9.76. The molecule has 124 valence electrons. The fourth-order valence-electron chi connectivity index (χ4n) is 1.21. The molecule has 0 spiro atoms. The van der Waals surface area contributed by atoms with Gasteiger partial charge in [-0.1, -0.05) is 26.8 Å². The summed E-state index contributed by atoms with van der Waals surface area (Å²) in [5.74, 6) is 0.854. The number of carbonyl (C=O) groups excluding carboxylic acids is 1. The second-order valence-corrected chi connectivity index (χ2v) is 5.45. The van der Waals surface area contributed by atoms with Crippen LogP contribution in [0.3, 0.4) is 0 Å². The molecule has 0 radical (unpaired) electrons. The van der Waals surface area contributed by atoms with Crippen LogP contribution in [-0.4, -0.2) is 24.8 Å². The minimum Gasteiger partial charge on any atom is -0.492 e. The van der Waals surface area contributed by atoms with Gasteiger partial charge in [-0.3, -0.25) is 0 Å². The summed E-state index contributed by atoms with van der Waals surface area (Å²) < 4.78 is 10.7. The molecular weight excluding hydrogens is 266 g/mol. The van der Waals surface area contributed by atoms with Crippen LogP contribution < -0.4 is 5.32 Å². The zero-order valence-corrected chi connectivity index (χ0v) is 15.0. The summed E-state index contributed by atoms with van der Waals surface area (Å²) in [6.07, 6.45) is 4.56. The molecule has 0 saturated carbocycles. The summed E-state index contributed by atoms with van der Waals surface area (Å²) in [5, 5.41) is 2.66. The third-order valence-corrected chi connectivity index (χ3v) is 2.03. The van der Waals surface area contributed by atoms with E-state index in [4.69, 9.17) is 9.47 Å². The summed E-state index contributed by atoms with van der Waals surface area (Å²) in [4.78, 5) is 11.4. The zero-order valence-electron chi connectivity index (χ0n) is 15.0. The lowest BCUT2D eigenvalue weighted by molar-refractivity contribution is 0.0514. The van der Waals surface area contributed by atoms with E-state index in [2.05, 4.69) is 12.2 Å². The summed E-state index contributed by atoms with van der Waals surface area (Å²) in [6.45, 7) is 16.4. The fourth-order valence-corrected chi connectivity index (χ4v) is 1.21. The monoisotopic (exact) mass is 299 g/mol. The quantitative estimate of drug-likeness (QED) is 0.435. The Labute approximate surface area is 130 Å². The fraction of sp³-hybridized carbons (Fsp3) is 0.706. The molecule has 0 atom stereocenters. The Kier molecular flexibility index (Phi) is 12.8. The van der Waals surface area contributed by atoms with Crippen LogP contribution in [0.25, 0.3) is 0 Å². The van der Waals surface area contributed by atoms with Gasteiger partial charge in [0.05, 0.1) is 6.54 Å². The van der Waals surface area contributed by atoms with Gasteiger partial charge in [0.15, 0.2) is 0 Å². The Balaban J connectivity index is 0. The van der Waals surface area contributed by atoms with Crippen molar-refractivity contribution in [3.8, 4) is 0 Å². The molecule has 0 saturated heterocycles. The first-order valence-electron chi connectivity index (χ1n) is 7.70. The van der Waals surface area contributed by atoms with E-state index in [1.165, 1.54) is 0 Å². The van der Waals surface area contributed by atoms with Gasteiger partial charge < -0.3 is 14.8 Å². The van der Waals surface area contributed by atoms with E-state index in [0.717, 1.165) is 17.8 Å².